The van der Waals surface area contributed by atoms with Crippen molar-refractivity contribution in [1.82, 2.24) is 4.90 Å². The molecule has 3 heteroatoms. The standard InChI is InChI=1S/C22H29NO2/c1-17(15-19-9-7-6-8-10-19)22(24,18(2)16-23(3)4)20-11-13-21(25-5)14-12-20/h6-15,18,24H,16H2,1-5H3/b17-15-. The molecular weight excluding hydrogens is 310 g/mol. The average Bonchev–Trinajstić information content (AvgIpc) is 2.61. The van der Waals surface area contributed by atoms with Crippen LogP contribution in [-0.2, 0) is 5.60 Å². The van der Waals surface area contributed by atoms with E-state index in [9.17, 15) is 5.11 Å². The van der Waals surface area contributed by atoms with Crippen LogP contribution in [0.4, 0.5) is 0 Å². The lowest BCUT2D eigenvalue weighted by Crippen LogP contribution is -2.40. The van der Waals surface area contributed by atoms with Crippen molar-refractivity contribution in [2.75, 3.05) is 27.7 Å². The highest BCUT2D eigenvalue weighted by Gasteiger charge is 2.37. The maximum Gasteiger partial charge on any atom is 0.118 e. The molecule has 0 aliphatic carbocycles. The summed E-state index contributed by atoms with van der Waals surface area (Å²) >= 11 is 0. The summed E-state index contributed by atoms with van der Waals surface area (Å²) in [6, 6.07) is 17.8. The van der Waals surface area contributed by atoms with Gasteiger partial charge in [-0.15, -0.1) is 0 Å². The molecule has 134 valence electrons. The Balaban J connectivity index is 2.48. The van der Waals surface area contributed by atoms with Crippen molar-refractivity contribution in [3.05, 3.63) is 71.3 Å². The van der Waals surface area contributed by atoms with E-state index >= 15 is 0 Å². The van der Waals surface area contributed by atoms with E-state index in [0.29, 0.717) is 0 Å². The van der Waals surface area contributed by atoms with Gasteiger partial charge in [-0.3, -0.25) is 0 Å². The Morgan fingerprint density at radius 2 is 1.72 bits per heavy atom. The fraction of sp³-hybridized carbons (Fsp3) is 0.364. The fourth-order valence-electron chi connectivity index (χ4n) is 3.34. The predicted molar refractivity (Wildman–Crippen MR) is 105 cm³/mol. The molecule has 0 fully saturated rings. The first kappa shape index (κ1) is 19.2. The number of aliphatic hydroxyl groups is 1. The van der Waals surface area contributed by atoms with E-state index in [1.165, 1.54) is 0 Å². The minimum absolute atomic E-state index is 0.0239. The first-order valence-corrected chi connectivity index (χ1v) is 8.63. The van der Waals surface area contributed by atoms with Gasteiger partial charge in [0.25, 0.3) is 0 Å². The van der Waals surface area contributed by atoms with Gasteiger partial charge in [-0.1, -0.05) is 55.5 Å². The third-order valence-corrected chi connectivity index (χ3v) is 4.67. The molecule has 0 heterocycles. The number of benzene rings is 2. The molecule has 2 aromatic rings. The van der Waals surface area contributed by atoms with E-state index in [0.717, 1.165) is 29.0 Å². The lowest BCUT2D eigenvalue weighted by molar-refractivity contribution is 0.0105. The van der Waals surface area contributed by atoms with Gasteiger partial charge < -0.3 is 14.7 Å². The zero-order valence-corrected chi connectivity index (χ0v) is 15.9. The maximum atomic E-state index is 11.8. The second kappa shape index (κ2) is 8.32. The SMILES string of the molecule is COc1ccc(C(O)(/C(C)=C\c2ccccc2)C(C)CN(C)C)cc1. The lowest BCUT2D eigenvalue weighted by Gasteiger charge is -2.37. The Labute approximate surface area is 151 Å². The molecule has 3 nitrogen and oxygen atoms in total. The van der Waals surface area contributed by atoms with Gasteiger partial charge in [-0.2, -0.15) is 0 Å². The fourth-order valence-corrected chi connectivity index (χ4v) is 3.34. The highest BCUT2D eigenvalue weighted by atomic mass is 16.5. The quantitative estimate of drug-likeness (QED) is 0.821. The van der Waals surface area contributed by atoms with Gasteiger partial charge in [-0.05, 0) is 49.9 Å². The maximum absolute atomic E-state index is 11.8. The molecule has 0 amide bonds. The van der Waals surface area contributed by atoms with Crippen molar-refractivity contribution >= 4 is 6.08 Å². The molecule has 2 unspecified atom stereocenters. The van der Waals surface area contributed by atoms with Crippen LogP contribution >= 0.6 is 0 Å². The smallest absolute Gasteiger partial charge is 0.118 e. The topological polar surface area (TPSA) is 32.7 Å². The Bertz CT molecular complexity index is 692. The van der Waals surface area contributed by atoms with Crippen LogP contribution in [-0.4, -0.2) is 37.8 Å². The summed E-state index contributed by atoms with van der Waals surface area (Å²) < 4.78 is 5.26. The molecule has 2 atom stereocenters. The summed E-state index contributed by atoms with van der Waals surface area (Å²) in [4.78, 5) is 2.11. The molecule has 0 saturated carbocycles. The monoisotopic (exact) mass is 339 g/mol. The molecule has 0 radical (unpaired) electrons. The molecule has 2 aromatic carbocycles. The van der Waals surface area contributed by atoms with Crippen LogP contribution in [0.15, 0.2) is 60.2 Å². The van der Waals surface area contributed by atoms with Gasteiger partial charge in [0.2, 0.25) is 0 Å². The second-order valence-corrected chi connectivity index (χ2v) is 6.90. The molecule has 1 N–H and O–H groups in total. The summed E-state index contributed by atoms with van der Waals surface area (Å²) in [6.45, 7) is 4.87. The Kier molecular flexibility index (Phi) is 6.40. The largest absolute Gasteiger partial charge is 0.497 e. The van der Waals surface area contributed by atoms with Gasteiger partial charge >= 0.3 is 0 Å². The summed E-state index contributed by atoms with van der Waals surface area (Å²) in [7, 11) is 5.71. The molecule has 0 aromatic heterocycles. The second-order valence-electron chi connectivity index (χ2n) is 6.90. The zero-order valence-electron chi connectivity index (χ0n) is 15.9. The number of hydrogen-bond acceptors (Lipinski definition) is 3. The first-order chi connectivity index (χ1) is 11.9. The van der Waals surface area contributed by atoms with Crippen LogP contribution in [0.5, 0.6) is 5.75 Å². The van der Waals surface area contributed by atoms with Gasteiger partial charge in [-0.25, -0.2) is 0 Å². The van der Waals surface area contributed by atoms with Crippen molar-refractivity contribution < 1.29 is 9.84 Å². The molecule has 0 spiro atoms. The molecule has 0 aliphatic rings. The normalized spacial score (nSPS) is 15.7. The number of ether oxygens (including phenoxy) is 1. The van der Waals surface area contributed by atoms with Crippen LogP contribution in [0.3, 0.4) is 0 Å². The summed E-state index contributed by atoms with van der Waals surface area (Å²) in [5.41, 5.74) is 1.85. The van der Waals surface area contributed by atoms with Crippen molar-refractivity contribution in [2.45, 2.75) is 19.4 Å². The summed E-state index contributed by atoms with van der Waals surface area (Å²) in [5, 5.41) is 11.8. The van der Waals surface area contributed by atoms with E-state index in [1.54, 1.807) is 7.11 Å². The van der Waals surface area contributed by atoms with Crippen LogP contribution < -0.4 is 4.74 Å². The minimum atomic E-state index is -1.05. The van der Waals surface area contributed by atoms with E-state index in [2.05, 4.69) is 30.0 Å². The Morgan fingerprint density at radius 3 is 2.24 bits per heavy atom. The van der Waals surface area contributed by atoms with Crippen molar-refractivity contribution in [3.8, 4) is 5.75 Å². The van der Waals surface area contributed by atoms with Crippen LogP contribution in [0, 0.1) is 5.92 Å². The Morgan fingerprint density at radius 1 is 1.12 bits per heavy atom. The molecule has 25 heavy (non-hydrogen) atoms. The van der Waals surface area contributed by atoms with E-state index < -0.39 is 5.60 Å². The number of rotatable bonds is 7. The van der Waals surface area contributed by atoms with Gasteiger partial charge in [0.15, 0.2) is 0 Å². The highest BCUT2D eigenvalue weighted by Crippen LogP contribution is 2.38. The average molecular weight is 339 g/mol. The van der Waals surface area contributed by atoms with Gasteiger partial charge in [0.05, 0.1) is 7.11 Å². The van der Waals surface area contributed by atoms with Crippen molar-refractivity contribution in [3.63, 3.8) is 0 Å². The zero-order chi connectivity index (χ0) is 18.4. The number of nitrogens with zero attached hydrogens (tertiary/aromatic N) is 1. The summed E-state index contributed by atoms with van der Waals surface area (Å²) in [5.74, 6) is 0.812. The first-order valence-electron chi connectivity index (χ1n) is 8.63. The predicted octanol–water partition coefficient (Wildman–Crippen LogP) is 4.18. The number of hydrogen-bond donors (Lipinski definition) is 1. The highest BCUT2D eigenvalue weighted by molar-refractivity contribution is 5.56. The Hall–Kier alpha value is -2.10. The van der Waals surface area contributed by atoms with E-state index in [-0.39, 0.29) is 5.92 Å². The number of methoxy groups -OCH3 is 1. The van der Waals surface area contributed by atoms with Crippen molar-refractivity contribution in [2.24, 2.45) is 5.92 Å². The van der Waals surface area contributed by atoms with Crippen LogP contribution in [0.25, 0.3) is 6.08 Å². The molecule has 0 bridgehead atoms. The third kappa shape index (κ3) is 4.50. The molecule has 0 aliphatic heterocycles. The molecule has 2 rings (SSSR count). The third-order valence-electron chi connectivity index (χ3n) is 4.67. The summed E-state index contributed by atoms with van der Waals surface area (Å²) in [6.07, 6.45) is 2.07. The van der Waals surface area contributed by atoms with Crippen molar-refractivity contribution in [1.29, 1.82) is 0 Å². The van der Waals surface area contributed by atoms with Gasteiger partial charge in [0.1, 0.15) is 11.4 Å². The lowest BCUT2D eigenvalue weighted by atomic mass is 9.76. The van der Waals surface area contributed by atoms with E-state index in [4.69, 9.17) is 4.74 Å². The molecular formula is C22H29NO2. The minimum Gasteiger partial charge on any atom is -0.497 e. The van der Waals surface area contributed by atoms with Crippen LogP contribution in [0.2, 0.25) is 0 Å². The van der Waals surface area contributed by atoms with Gasteiger partial charge in [0, 0.05) is 12.5 Å². The van der Waals surface area contributed by atoms with E-state index in [1.807, 2.05) is 63.5 Å². The van der Waals surface area contributed by atoms with Crippen LogP contribution in [0.1, 0.15) is 25.0 Å². The molecule has 0 saturated heterocycles.